The van der Waals surface area contributed by atoms with Gasteiger partial charge in [0.2, 0.25) is 11.8 Å². The molecule has 0 saturated carbocycles. The Morgan fingerprint density at radius 1 is 1.18 bits per heavy atom. The van der Waals surface area contributed by atoms with Crippen molar-refractivity contribution in [3.63, 3.8) is 0 Å². The maximum atomic E-state index is 11.4. The minimum atomic E-state index is -1.02. The van der Waals surface area contributed by atoms with Crippen LogP contribution < -0.4 is 11.1 Å². The number of aliphatic carboxylic acids is 1. The number of carbonyl (C=O) groups excluding carboxylic acids is 2. The standard InChI is InChI=1S/C11H20N2O4/c1-7(2)3-5-9(14)13-8(11(12)17)4-6-10(15)16/h7-8H,3-6H2,1-2H3,(H2,12,17)(H,13,14)(H,15,16)/t8-/m0/s1. The highest BCUT2D eigenvalue weighted by atomic mass is 16.4. The van der Waals surface area contributed by atoms with Crippen LogP contribution in [0.25, 0.3) is 0 Å². The van der Waals surface area contributed by atoms with Crippen molar-refractivity contribution in [1.82, 2.24) is 5.32 Å². The number of carboxylic acids is 1. The topological polar surface area (TPSA) is 109 Å². The fraction of sp³-hybridized carbons (Fsp3) is 0.727. The summed E-state index contributed by atoms with van der Waals surface area (Å²) in [5, 5.41) is 10.9. The van der Waals surface area contributed by atoms with Gasteiger partial charge in [-0.3, -0.25) is 14.4 Å². The second-order valence-electron chi connectivity index (χ2n) is 4.39. The first-order valence-corrected chi connectivity index (χ1v) is 5.63. The van der Waals surface area contributed by atoms with E-state index in [1.165, 1.54) is 0 Å². The van der Waals surface area contributed by atoms with E-state index in [-0.39, 0.29) is 18.7 Å². The highest BCUT2D eigenvalue weighted by Crippen LogP contribution is 2.04. The quantitative estimate of drug-likeness (QED) is 0.568. The molecule has 6 nitrogen and oxygen atoms in total. The molecular formula is C11H20N2O4. The molecule has 0 spiro atoms. The number of carbonyl (C=O) groups is 3. The third-order valence-electron chi connectivity index (χ3n) is 2.27. The van der Waals surface area contributed by atoms with E-state index in [4.69, 9.17) is 10.8 Å². The SMILES string of the molecule is CC(C)CCC(=O)N[C@@H](CCC(=O)O)C(N)=O. The van der Waals surface area contributed by atoms with Gasteiger partial charge in [-0.25, -0.2) is 0 Å². The average molecular weight is 244 g/mol. The predicted molar refractivity (Wildman–Crippen MR) is 62.1 cm³/mol. The molecular weight excluding hydrogens is 224 g/mol. The van der Waals surface area contributed by atoms with Crippen LogP contribution in [0.3, 0.4) is 0 Å². The first kappa shape index (κ1) is 15.4. The minimum absolute atomic E-state index is 0.0259. The van der Waals surface area contributed by atoms with Gasteiger partial charge in [0.05, 0.1) is 0 Å². The second kappa shape index (κ2) is 7.65. The number of hydrogen-bond donors (Lipinski definition) is 3. The molecule has 0 aliphatic rings. The van der Waals surface area contributed by atoms with Crippen LogP contribution in [0.5, 0.6) is 0 Å². The predicted octanol–water partition coefficient (Wildman–Crippen LogP) is 0.258. The number of amides is 2. The number of nitrogens with one attached hydrogen (secondary N) is 1. The molecule has 0 aromatic rings. The highest BCUT2D eigenvalue weighted by Gasteiger charge is 2.18. The lowest BCUT2D eigenvalue weighted by Crippen LogP contribution is -2.44. The molecule has 0 aromatic carbocycles. The van der Waals surface area contributed by atoms with E-state index >= 15 is 0 Å². The summed E-state index contributed by atoms with van der Waals surface area (Å²) < 4.78 is 0. The van der Waals surface area contributed by atoms with Gasteiger partial charge in [0.25, 0.3) is 0 Å². The molecule has 0 saturated heterocycles. The van der Waals surface area contributed by atoms with Crippen LogP contribution in [0.4, 0.5) is 0 Å². The first-order valence-electron chi connectivity index (χ1n) is 5.63. The van der Waals surface area contributed by atoms with Crippen LogP contribution in [0.15, 0.2) is 0 Å². The van der Waals surface area contributed by atoms with Crippen LogP contribution in [0.2, 0.25) is 0 Å². The van der Waals surface area contributed by atoms with Gasteiger partial charge in [-0.1, -0.05) is 13.8 Å². The molecule has 0 aliphatic carbocycles. The van der Waals surface area contributed by atoms with Crippen molar-refractivity contribution in [3.05, 3.63) is 0 Å². The molecule has 0 bridgehead atoms. The number of carboxylic acid groups (broad SMARTS) is 1. The minimum Gasteiger partial charge on any atom is -0.481 e. The van der Waals surface area contributed by atoms with Gasteiger partial charge in [0.15, 0.2) is 0 Å². The summed E-state index contributed by atoms with van der Waals surface area (Å²) >= 11 is 0. The van der Waals surface area contributed by atoms with E-state index in [0.29, 0.717) is 12.3 Å². The van der Waals surface area contributed by atoms with Crippen molar-refractivity contribution in [3.8, 4) is 0 Å². The van der Waals surface area contributed by atoms with Crippen LogP contribution in [0, 0.1) is 5.92 Å². The third kappa shape index (κ3) is 8.24. The Labute approximate surface area is 101 Å². The van der Waals surface area contributed by atoms with Crippen molar-refractivity contribution in [1.29, 1.82) is 0 Å². The Hall–Kier alpha value is -1.59. The van der Waals surface area contributed by atoms with Crippen molar-refractivity contribution >= 4 is 17.8 Å². The zero-order chi connectivity index (χ0) is 13.4. The van der Waals surface area contributed by atoms with E-state index in [0.717, 1.165) is 6.42 Å². The lowest BCUT2D eigenvalue weighted by Gasteiger charge is -2.14. The monoisotopic (exact) mass is 244 g/mol. The number of rotatable bonds is 8. The van der Waals surface area contributed by atoms with Gasteiger partial charge >= 0.3 is 5.97 Å². The number of primary amides is 1. The van der Waals surface area contributed by atoms with Crippen LogP contribution in [-0.4, -0.2) is 28.9 Å². The highest BCUT2D eigenvalue weighted by molar-refractivity contribution is 5.86. The molecule has 4 N–H and O–H groups in total. The Morgan fingerprint density at radius 3 is 2.18 bits per heavy atom. The smallest absolute Gasteiger partial charge is 0.303 e. The maximum Gasteiger partial charge on any atom is 0.303 e. The zero-order valence-corrected chi connectivity index (χ0v) is 10.2. The van der Waals surface area contributed by atoms with Gasteiger partial charge in [0, 0.05) is 12.8 Å². The van der Waals surface area contributed by atoms with Gasteiger partial charge in [-0.2, -0.15) is 0 Å². The molecule has 0 fully saturated rings. The van der Waals surface area contributed by atoms with Gasteiger partial charge in [-0.15, -0.1) is 0 Å². The summed E-state index contributed by atoms with van der Waals surface area (Å²) in [6.45, 7) is 3.98. The molecule has 0 heterocycles. The van der Waals surface area contributed by atoms with Crippen molar-refractivity contribution < 1.29 is 19.5 Å². The van der Waals surface area contributed by atoms with E-state index in [2.05, 4.69) is 5.32 Å². The van der Waals surface area contributed by atoms with E-state index in [1.807, 2.05) is 13.8 Å². The van der Waals surface area contributed by atoms with Crippen LogP contribution in [0.1, 0.15) is 39.5 Å². The fourth-order valence-corrected chi connectivity index (χ4v) is 1.24. The largest absolute Gasteiger partial charge is 0.481 e. The Bertz CT molecular complexity index is 289. The zero-order valence-electron chi connectivity index (χ0n) is 10.2. The molecule has 6 heteroatoms. The van der Waals surface area contributed by atoms with E-state index in [9.17, 15) is 14.4 Å². The molecule has 2 amide bonds. The van der Waals surface area contributed by atoms with E-state index in [1.54, 1.807) is 0 Å². The summed E-state index contributed by atoms with van der Waals surface area (Å²) in [5.41, 5.74) is 5.08. The first-order chi connectivity index (χ1) is 7.82. The number of hydrogen-bond acceptors (Lipinski definition) is 3. The lowest BCUT2D eigenvalue weighted by molar-refractivity contribution is -0.137. The maximum absolute atomic E-state index is 11.4. The fourth-order valence-electron chi connectivity index (χ4n) is 1.24. The second-order valence-corrected chi connectivity index (χ2v) is 4.39. The van der Waals surface area contributed by atoms with Gasteiger partial charge in [-0.05, 0) is 18.8 Å². The normalized spacial score (nSPS) is 12.2. The van der Waals surface area contributed by atoms with Crippen molar-refractivity contribution in [2.24, 2.45) is 11.7 Å². The summed E-state index contributed by atoms with van der Waals surface area (Å²) in [7, 11) is 0. The van der Waals surface area contributed by atoms with Gasteiger partial charge < -0.3 is 16.2 Å². The molecule has 17 heavy (non-hydrogen) atoms. The third-order valence-corrected chi connectivity index (χ3v) is 2.27. The van der Waals surface area contributed by atoms with E-state index < -0.39 is 17.9 Å². The molecule has 0 aromatic heterocycles. The Balaban J connectivity index is 4.11. The van der Waals surface area contributed by atoms with Crippen LogP contribution >= 0.6 is 0 Å². The number of nitrogens with two attached hydrogens (primary N) is 1. The molecule has 0 aliphatic heterocycles. The van der Waals surface area contributed by atoms with Gasteiger partial charge in [0.1, 0.15) is 6.04 Å². The van der Waals surface area contributed by atoms with Crippen molar-refractivity contribution in [2.75, 3.05) is 0 Å². The van der Waals surface area contributed by atoms with Crippen molar-refractivity contribution in [2.45, 2.75) is 45.6 Å². The lowest BCUT2D eigenvalue weighted by atomic mass is 10.1. The summed E-state index contributed by atoms with van der Waals surface area (Å²) in [4.78, 5) is 32.8. The summed E-state index contributed by atoms with van der Waals surface area (Å²) in [6, 6.07) is -0.897. The Morgan fingerprint density at radius 2 is 1.76 bits per heavy atom. The molecule has 0 unspecified atom stereocenters. The molecule has 1 atom stereocenters. The Kier molecular flexibility index (Phi) is 6.93. The molecule has 0 rings (SSSR count). The summed E-state index contributed by atoms with van der Waals surface area (Å²) in [6.07, 6.45) is 0.862. The summed E-state index contributed by atoms with van der Waals surface area (Å²) in [5.74, 6) is -1.60. The van der Waals surface area contributed by atoms with Crippen LogP contribution in [-0.2, 0) is 14.4 Å². The molecule has 98 valence electrons. The average Bonchev–Trinajstić information content (AvgIpc) is 2.20. The molecule has 0 radical (unpaired) electrons.